The summed E-state index contributed by atoms with van der Waals surface area (Å²) in [4.78, 5) is 0. The van der Waals surface area contributed by atoms with Gasteiger partial charge in [0.1, 0.15) is 6.61 Å². The van der Waals surface area contributed by atoms with Crippen molar-refractivity contribution < 1.29 is 4.74 Å². The van der Waals surface area contributed by atoms with Crippen molar-refractivity contribution in [2.24, 2.45) is 0 Å². The van der Waals surface area contributed by atoms with Crippen molar-refractivity contribution in [3.05, 3.63) is 65.3 Å². The fraction of sp³-hybridized carbons (Fsp3) is 0.0667. The number of aromatic nitrogens is 2. The molecule has 0 amide bonds. The largest absolute Gasteiger partial charge is 0.471 e. The van der Waals surface area contributed by atoms with Gasteiger partial charge >= 0.3 is 0 Å². The van der Waals surface area contributed by atoms with Crippen LogP contribution in [0.25, 0.3) is 10.8 Å². The molecule has 0 fully saturated rings. The maximum absolute atomic E-state index is 6.09. The molecular weight excluding hydrogens is 260 g/mol. The van der Waals surface area contributed by atoms with Crippen LogP contribution in [0.15, 0.2) is 54.7 Å². The van der Waals surface area contributed by atoms with E-state index in [1.54, 1.807) is 6.20 Å². The molecule has 0 saturated heterocycles. The molecule has 19 heavy (non-hydrogen) atoms. The third-order valence-corrected chi connectivity index (χ3v) is 3.23. The number of hydrogen-bond donors (Lipinski definition) is 0. The average Bonchev–Trinajstić information content (AvgIpc) is 2.46. The van der Waals surface area contributed by atoms with Gasteiger partial charge in [-0.2, -0.15) is 5.10 Å². The SMILES string of the molecule is Clc1ccccc1COc1nncc2ccccc12. The van der Waals surface area contributed by atoms with Gasteiger partial charge in [-0.15, -0.1) is 5.10 Å². The maximum Gasteiger partial charge on any atom is 0.241 e. The summed E-state index contributed by atoms with van der Waals surface area (Å²) in [6, 6.07) is 15.4. The van der Waals surface area contributed by atoms with E-state index in [1.807, 2.05) is 48.5 Å². The molecule has 0 atom stereocenters. The van der Waals surface area contributed by atoms with E-state index in [0.29, 0.717) is 17.5 Å². The fourth-order valence-corrected chi connectivity index (χ4v) is 2.06. The van der Waals surface area contributed by atoms with Crippen molar-refractivity contribution in [3.63, 3.8) is 0 Å². The van der Waals surface area contributed by atoms with Gasteiger partial charge in [0, 0.05) is 21.4 Å². The minimum absolute atomic E-state index is 0.377. The minimum atomic E-state index is 0.377. The molecule has 0 spiro atoms. The Labute approximate surface area is 115 Å². The van der Waals surface area contributed by atoms with Crippen molar-refractivity contribution in [2.75, 3.05) is 0 Å². The van der Waals surface area contributed by atoms with E-state index in [2.05, 4.69) is 10.2 Å². The van der Waals surface area contributed by atoms with Crippen LogP contribution < -0.4 is 4.74 Å². The first-order chi connectivity index (χ1) is 9.34. The second-order valence-corrected chi connectivity index (χ2v) is 4.52. The van der Waals surface area contributed by atoms with Gasteiger partial charge in [-0.1, -0.05) is 48.0 Å². The number of halogens is 1. The normalized spacial score (nSPS) is 10.6. The van der Waals surface area contributed by atoms with Crippen molar-refractivity contribution in [1.29, 1.82) is 0 Å². The lowest BCUT2D eigenvalue weighted by molar-refractivity contribution is 0.294. The van der Waals surface area contributed by atoms with Crippen LogP contribution in [0.3, 0.4) is 0 Å². The molecule has 3 aromatic rings. The molecule has 3 rings (SSSR count). The van der Waals surface area contributed by atoms with Crippen molar-refractivity contribution in [2.45, 2.75) is 6.61 Å². The zero-order chi connectivity index (χ0) is 13.1. The molecule has 0 aliphatic carbocycles. The highest BCUT2D eigenvalue weighted by Crippen LogP contribution is 2.23. The van der Waals surface area contributed by atoms with Crippen LogP contribution in [-0.2, 0) is 6.61 Å². The monoisotopic (exact) mass is 270 g/mol. The van der Waals surface area contributed by atoms with Gasteiger partial charge in [0.15, 0.2) is 0 Å². The molecule has 0 aliphatic rings. The molecule has 3 nitrogen and oxygen atoms in total. The number of ether oxygens (including phenoxy) is 1. The topological polar surface area (TPSA) is 35.0 Å². The van der Waals surface area contributed by atoms with Crippen LogP contribution >= 0.6 is 11.6 Å². The first kappa shape index (κ1) is 11.9. The Balaban J connectivity index is 1.88. The third kappa shape index (κ3) is 2.51. The Hall–Kier alpha value is -2.13. The summed E-state index contributed by atoms with van der Waals surface area (Å²) < 4.78 is 5.73. The fourth-order valence-electron chi connectivity index (χ4n) is 1.87. The lowest BCUT2D eigenvalue weighted by Crippen LogP contribution is -1.99. The summed E-state index contributed by atoms with van der Waals surface area (Å²) in [6.45, 7) is 0.377. The number of rotatable bonds is 3. The highest BCUT2D eigenvalue weighted by molar-refractivity contribution is 6.31. The van der Waals surface area contributed by atoms with Crippen LogP contribution in [0.5, 0.6) is 5.88 Å². The maximum atomic E-state index is 6.09. The summed E-state index contributed by atoms with van der Waals surface area (Å²) in [6.07, 6.45) is 1.72. The predicted molar refractivity (Wildman–Crippen MR) is 75.3 cm³/mol. The zero-order valence-corrected chi connectivity index (χ0v) is 10.8. The van der Waals surface area contributed by atoms with E-state index in [1.165, 1.54) is 0 Å². The van der Waals surface area contributed by atoms with Gasteiger partial charge in [0.2, 0.25) is 5.88 Å². The van der Waals surface area contributed by atoms with E-state index in [-0.39, 0.29) is 0 Å². The molecule has 2 aromatic carbocycles. The number of fused-ring (bicyclic) bond motifs is 1. The van der Waals surface area contributed by atoms with Crippen molar-refractivity contribution in [3.8, 4) is 5.88 Å². The van der Waals surface area contributed by atoms with Gasteiger partial charge in [0.05, 0.1) is 6.20 Å². The third-order valence-electron chi connectivity index (χ3n) is 2.86. The highest BCUT2D eigenvalue weighted by atomic mass is 35.5. The van der Waals surface area contributed by atoms with E-state index in [9.17, 15) is 0 Å². The van der Waals surface area contributed by atoms with Crippen LogP contribution in [0, 0.1) is 0 Å². The standard InChI is InChI=1S/C15H11ClN2O/c16-14-8-4-2-6-12(14)10-19-15-13-7-3-1-5-11(13)9-17-18-15/h1-9H,10H2. The molecule has 0 N–H and O–H groups in total. The molecule has 4 heteroatoms. The number of benzene rings is 2. The van der Waals surface area contributed by atoms with Gasteiger partial charge in [-0.3, -0.25) is 0 Å². The molecule has 94 valence electrons. The summed E-state index contributed by atoms with van der Waals surface area (Å²) in [5.41, 5.74) is 0.930. The van der Waals surface area contributed by atoms with E-state index >= 15 is 0 Å². The average molecular weight is 271 g/mol. The first-order valence-electron chi connectivity index (χ1n) is 5.91. The van der Waals surface area contributed by atoms with Crippen LogP contribution in [0.1, 0.15) is 5.56 Å². The van der Waals surface area contributed by atoms with Crippen molar-refractivity contribution >= 4 is 22.4 Å². The smallest absolute Gasteiger partial charge is 0.241 e. The minimum Gasteiger partial charge on any atom is -0.471 e. The van der Waals surface area contributed by atoms with Gasteiger partial charge in [0.25, 0.3) is 0 Å². The predicted octanol–water partition coefficient (Wildman–Crippen LogP) is 3.86. The lowest BCUT2D eigenvalue weighted by Gasteiger charge is -2.08. The summed E-state index contributed by atoms with van der Waals surface area (Å²) in [7, 11) is 0. The Morgan fingerprint density at radius 2 is 1.79 bits per heavy atom. The zero-order valence-electron chi connectivity index (χ0n) is 10.1. The molecule has 0 unspecified atom stereocenters. The Kier molecular flexibility index (Phi) is 3.29. The Bertz CT molecular complexity index is 710. The van der Waals surface area contributed by atoms with Crippen molar-refractivity contribution in [1.82, 2.24) is 10.2 Å². The lowest BCUT2D eigenvalue weighted by atomic mass is 10.2. The summed E-state index contributed by atoms with van der Waals surface area (Å²) >= 11 is 6.09. The van der Waals surface area contributed by atoms with Crippen LogP contribution in [-0.4, -0.2) is 10.2 Å². The quantitative estimate of drug-likeness (QED) is 0.725. The molecule has 0 aliphatic heterocycles. The van der Waals surface area contributed by atoms with Crippen LogP contribution in [0.4, 0.5) is 0 Å². The molecule has 1 heterocycles. The summed E-state index contributed by atoms with van der Waals surface area (Å²) in [5, 5.41) is 10.6. The number of hydrogen-bond acceptors (Lipinski definition) is 3. The van der Waals surface area contributed by atoms with Gasteiger partial charge in [-0.25, -0.2) is 0 Å². The van der Waals surface area contributed by atoms with E-state index in [0.717, 1.165) is 16.3 Å². The highest BCUT2D eigenvalue weighted by Gasteiger charge is 2.05. The molecule has 0 radical (unpaired) electrons. The summed E-state index contributed by atoms with van der Waals surface area (Å²) in [5.74, 6) is 0.526. The molecule has 0 bridgehead atoms. The second-order valence-electron chi connectivity index (χ2n) is 4.12. The molecule has 0 saturated carbocycles. The molecule has 1 aromatic heterocycles. The van der Waals surface area contributed by atoms with E-state index in [4.69, 9.17) is 16.3 Å². The Morgan fingerprint density at radius 1 is 1.00 bits per heavy atom. The van der Waals surface area contributed by atoms with Crippen LogP contribution in [0.2, 0.25) is 5.02 Å². The molecular formula is C15H11ClN2O. The Morgan fingerprint density at radius 3 is 2.68 bits per heavy atom. The van der Waals surface area contributed by atoms with Gasteiger partial charge in [-0.05, 0) is 12.1 Å². The van der Waals surface area contributed by atoms with Gasteiger partial charge < -0.3 is 4.74 Å². The first-order valence-corrected chi connectivity index (χ1v) is 6.29. The van der Waals surface area contributed by atoms with E-state index < -0.39 is 0 Å². The number of nitrogens with zero attached hydrogens (tertiary/aromatic N) is 2. The second kappa shape index (κ2) is 5.24.